The molecule has 1 rings (SSSR count). The van der Waals surface area contributed by atoms with Crippen LogP contribution in [0.25, 0.3) is 0 Å². The molecule has 2 N–H and O–H groups in total. The molecule has 0 aromatic heterocycles. The molecule has 0 saturated carbocycles. The first kappa shape index (κ1) is 17.8. The molecule has 21 heavy (non-hydrogen) atoms. The second kappa shape index (κ2) is 6.68. The van der Waals surface area contributed by atoms with Crippen molar-refractivity contribution in [3.63, 3.8) is 0 Å². The lowest BCUT2D eigenvalue weighted by molar-refractivity contribution is -0.137. The highest BCUT2D eigenvalue weighted by atomic mass is 79.9. The lowest BCUT2D eigenvalue weighted by Gasteiger charge is -2.24. The number of nitrogens with one attached hydrogen (secondary N) is 2. The molecule has 1 aromatic carbocycles. The summed E-state index contributed by atoms with van der Waals surface area (Å²) in [5, 5.41) is 5.50. The van der Waals surface area contributed by atoms with Crippen LogP contribution in [0.4, 0.5) is 18.9 Å². The molecule has 0 aliphatic rings. The SMILES string of the molecule is CCC(C)(C)NC(=O)CNc1cc(Br)cc(C(F)(F)F)c1. The van der Waals surface area contributed by atoms with Gasteiger partial charge in [0.1, 0.15) is 0 Å². The summed E-state index contributed by atoms with van der Waals surface area (Å²) in [4.78, 5) is 11.8. The molecule has 7 heteroatoms. The predicted molar refractivity (Wildman–Crippen MR) is 80.1 cm³/mol. The Hall–Kier alpha value is -1.24. The molecule has 0 bridgehead atoms. The minimum absolute atomic E-state index is 0.0861. The van der Waals surface area contributed by atoms with Gasteiger partial charge >= 0.3 is 6.18 Å². The van der Waals surface area contributed by atoms with E-state index in [2.05, 4.69) is 26.6 Å². The fourth-order valence-electron chi connectivity index (χ4n) is 1.55. The number of alkyl halides is 3. The van der Waals surface area contributed by atoms with E-state index in [1.165, 1.54) is 6.07 Å². The van der Waals surface area contributed by atoms with Gasteiger partial charge in [-0.2, -0.15) is 13.2 Å². The Morgan fingerprint density at radius 3 is 2.38 bits per heavy atom. The highest BCUT2D eigenvalue weighted by Gasteiger charge is 2.31. The fraction of sp³-hybridized carbons (Fsp3) is 0.500. The van der Waals surface area contributed by atoms with E-state index < -0.39 is 11.7 Å². The van der Waals surface area contributed by atoms with Gasteiger partial charge in [-0.3, -0.25) is 4.79 Å². The number of hydrogen-bond acceptors (Lipinski definition) is 2. The van der Waals surface area contributed by atoms with Crippen LogP contribution in [-0.2, 0) is 11.0 Å². The van der Waals surface area contributed by atoms with Gasteiger partial charge in [0.15, 0.2) is 0 Å². The van der Waals surface area contributed by atoms with Crippen molar-refractivity contribution in [2.45, 2.75) is 38.9 Å². The van der Waals surface area contributed by atoms with Gasteiger partial charge in [0.2, 0.25) is 5.91 Å². The van der Waals surface area contributed by atoms with Crippen molar-refractivity contribution < 1.29 is 18.0 Å². The minimum Gasteiger partial charge on any atom is -0.376 e. The first-order chi connectivity index (χ1) is 9.53. The van der Waals surface area contributed by atoms with E-state index in [1.807, 2.05) is 20.8 Å². The van der Waals surface area contributed by atoms with Crippen LogP contribution < -0.4 is 10.6 Å². The maximum absolute atomic E-state index is 12.7. The normalized spacial score (nSPS) is 12.1. The zero-order chi connectivity index (χ0) is 16.3. The van der Waals surface area contributed by atoms with Crippen molar-refractivity contribution in [2.24, 2.45) is 0 Å². The van der Waals surface area contributed by atoms with Gasteiger partial charge in [0.05, 0.1) is 12.1 Å². The summed E-state index contributed by atoms with van der Waals surface area (Å²) < 4.78 is 38.4. The van der Waals surface area contributed by atoms with Gasteiger partial charge in [0.25, 0.3) is 0 Å². The van der Waals surface area contributed by atoms with E-state index in [9.17, 15) is 18.0 Å². The second-order valence-electron chi connectivity index (χ2n) is 5.37. The molecule has 0 saturated heterocycles. The molecule has 1 amide bonds. The second-order valence-corrected chi connectivity index (χ2v) is 6.28. The van der Waals surface area contributed by atoms with Crippen LogP contribution in [0.15, 0.2) is 22.7 Å². The van der Waals surface area contributed by atoms with Crippen LogP contribution in [0, 0.1) is 0 Å². The van der Waals surface area contributed by atoms with Crippen LogP contribution in [0.3, 0.4) is 0 Å². The molecule has 118 valence electrons. The summed E-state index contributed by atoms with van der Waals surface area (Å²) >= 11 is 3.03. The highest BCUT2D eigenvalue weighted by Crippen LogP contribution is 2.33. The number of benzene rings is 1. The van der Waals surface area contributed by atoms with Crippen molar-refractivity contribution in [3.05, 3.63) is 28.2 Å². The number of amides is 1. The standard InChI is InChI=1S/C14H18BrF3N2O/c1-4-13(2,3)20-12(21)8-19-11-6-9(14(16,17)18)5-10(15)7-11/h5-7,19H,4,8H2,1-3H3,(H,20,21). The smallest absolute Gasteiger partial charge is 0.376 e. The predicted octanol–water partition coefficient (Wildman–Crippen LogP) is 4.18. The Morgan fingerprint density at radius 1 is 1.24 bits per heavy atom. The van der Waals surface area contributed by atoms with Gasteiger partial charge in [-0.25, -0.2) is 0 Å². The van der Waals surface area contributed by atoms with Gasteiger partial charge in [-0.15, -0.1) is 0 Å². The largest absolute Gasteiger partial charge is 0.416 e. The summed E-state index contributed by atoms with van der Waals surface area (Å²) in [6.07, 6.45) is -3.67. The molecule has 3 nitrogen and oxygen atoms in total. The Balaban J connectivity index is 2.72. The zero-order valence-corrected chi connectivity index (χ0v) is 13.7. The first-order valence-electron chi connectivity index (χ1n) is 6.46. The summed E-state index contributed by atoms with van der Waals surface area (Å²) in [6.45, 7) is 5.62. The average molecular weight is 367 g/mol. The van der Waals surface area contributed by atoms with Crippen LogP contribution >= 0.6 is 15.9 Å². The van der Waals surface area contributed by atoms with Gasteiger partial charge in [-0.05, 0) is 38.5 Å². The molecule has 0 fully saturated rings. The summed E-state index contributed by atoms with van der Waals surface area (Å²) in [5.74, 6) is -0.268. The molecule has 0 spiro atoms. The number of hydrogen-bond donors (Lipinski definition) is 2. The Morgan fingerprint density at radius 2 is 1.86 bits per heavy atom. The molecular weight excluding hydrogens is 349 g/mol. The number of anilines is 1. The van der Waals surface area contributed by atoms with Gasteiger partial charge in [0, 0.05) is 15.7 Å². The Labute approximate surface area is 130 Å². The van der Waals surface area contributed by atoms with Crippen molar-refractivity contribution in [1.29, 1.82) is 0 Å². The van der Waals surface area contributed by atoms with Crippen molar-refractivity contribution in [3.8, 4) is 0 Å². The summed E-state index contributed by atoms with van der Waals surface area (Å²) in [7, 11) is 0. The monoisotopic (exact) mass is 366 g/mol. The van der Waals surface area contributed by atoms with Crippen LogP contribution in [0.1, 0.15) is 32.8 Å². The Bertz CT molecular complexity index is 515. The zero-order valence-electron chi connectivity index (χ0n) is 12.1. The number of rotatable bonds is 5. The van der Waals surface area contributed by atoms with Crippen molar-refractivity contribution in [2.75, 3.05) is 11.9 Å². The van der Waals surface area contributed by atoms with E-state index in [4.69, 9.17) is 0 Å². The number of carbonyl (C=O) groups is 1. The highest BCUT2D eigenvalue weighted by molar-refractivity contribution is 9.10. The molecular formula is C14H18BrF3N2O. The van der Waals surface area contributed by atoms with Gasteiger partial charge in [-0.1, -0.05) is 22.9 Å². The maximum atomic E-state index is 12.7. The third kappa shape index (κ3) is 5.95. The molecule has 0 heterocycles. The summed E-state index contributed by atoms with van der Waals surface area (Å²) in [6, 6.07) is 3.46. The molecule has 0 aliphatic heterocycles. The topological polar surface area (TPSA) is 41.1 Å². The maximum Gasteiger partial charge on any atom is 0.416 e. The minimum atomic E-state index is -4.42. The third-order valence-corrected chi connectivity index (χ3v) is 3.50. The van der Waals surface area contributed by atoms with Crippen molar-refractivity contribution >= 4 is 27.5 Å². The fourth-order valence-corrected chi connectivity index (χ4v) is 2.04. The molecule has 0 radical (unpaired) electrons. The molecule has 0 aliphatic carbocycles. The number of halogens is 4. The molecule has 1 aromatic rings. The lowest BCUT2D eigenvalue weighted by atomic mass is 10.0. The quantitative estimate of drug-likeness (QED) is 0.820. The van der Waals surface area contributed by atoms with E-state index >= 15 is 0 Å². The van der Waals surface area contributed by atoms with Crippen LogP contribution in [0.5, 0.6) is 0 Å². The average Bonchev–Trinajstić information content (AvgIpc) is 2.34. The third-order valence-electron chi connectivity index (χ3n) is 3.04. The first-order valence-corrected chi connectivity index (χ1v) is 7.25. The van der Waals surface area contributed by atoms with Crippen molar-refractivity contribution in [1.82, 2.24) is 5.32 Å². The van der Waals surface area contributed by atoms with E-state index in [1.54, 1.807) is 0 Å². The molecule has 0 atom stereocenters. The lowest BCUT2D eigenvalue weighted by Crippen LogP contribution is -2.45. The van der Waals surface area contributed by atoms with Crippen LogP contribution in [0.2, 0.25) is 0 Å². The number of carbonyl (C=O) groups excluding carboxylic acids is 1. The Kier molecular flexibility index (Phi) is 5.67. The van der Waals surface area contributed by atoms with E-state index in [0.717, 1.165) is 18.6 Å². The van der Waals surface area contributed by atoms with Gasteiger partial charge < -0.3 is 10.6 Å². The summed E-state index contributed by atoms with van der Waals surface area (Å²) in [5.41, 5.74) is -0.873. The van der Waals surface area contributed by atoms with Crippen LogP contribution in [-0.4, -0.2) is 18.0 Å². The van der Waals surface area contributed by atoms with E-state index in [0.29, 0.717) is 4.47 Å². The van der Waals surface area contributed by atoms with E-state index in [-0.39, 0.29) is 23.7 Å². The molecule has 0 unspecified atom stereocenters.